The van der Waals surface area contributed by atoms with E-state index in [1.165, 1.54) is 16.7 Å². The van der Waals surface area contributed by atoms with Crippen molar-refractivity contribution in [1.82, 2.24) is 0 Å². The highest BCUT2D eigenvalue weighted by atomic mass is 16.6. The topological polar surface area (TPSA) is 21.8 Å². The molecule has 1 aromatic rings. The van der Waals surface area contributed by atoms with Crippen LogP contribution in [0, 0.1) is 13.8 Å². The van der Waals surface area contributed by atoms with Crippen LogP contribution in [0.4, 0.5) is 0 Å². The van der Waals surface area contributed by atoms with E-state index in [4.69, 9.17) is 9.47 Å². The maximum absolute atomic E-state index is 5.65. The summed E-state index contributed by atoms with van der Waals surface area (Å²) in [6, 6.07) is 4.43. The van der Waals surface area contributed by atoms with E-state index in [1.54, 1.807) is 7.11 Å². The van der Waals surface area contributed by atoms with Gasteiger partial charge in [0.1, 0.15) is 5.75 Å². The van der Waals surface area contributed by atoms with Crippen LogP contribution in [0.3, 0.4) is 0 Å². The van der Waals surface area contributed by atoms with Gasteiger partial charge < -0.3 is 9.47 Å². The first-order chi connectivity index (χ1) is 8.56. The number of hydrogen-bond acceptors (Lipinski definition) is 2. The molecule has 0 N–H and O–H groups in total. The zero-order valence-corrected chi connectivity index (χ0v) is 12.1. The van der Waals surface area contributed by atoms with Gasteiger partial charge in [-0.2, -0.15) is 0 Å². The lowest BCUT2D eigenvalue weighted by Crippen LogP contribution is -2.04. The third-order valence-corrected chi connectivity index (χ3v) is 3.86. The molecule has 1 aromatic carbocycles. The van der Waals surface area contributed by atoms with Gasteiger partial charge in [0.2, 0.25) is 0 Å². The third-order valence-electron chi connectivity index (χ3n) is 3.86. The molecule has 1 aliphatic heterocycles. The van der Waals surface area contributed by atoms with Crippen molar-refractivity contribution in [3.05, 3.63) is 28.8 Å². The van der Waals surface area contributed by atoms with Crippen molar-refractivity contribution in [3.8, 4) is 5.75 Å². The normalized spacial score (nSPS) is 23.8. The minimum atomic E-state index is 0.454. The smallest absolute Gasteiger partial charge is 0.125 e. The zero-order valence-electron chi connectivity index (χ0n) is 12.1. The molecule has 100 valence electrons. The van der Waals surface area contributed by atoms with Gasteiger partial charge in [-0.15, -0.1) is 0 Å². The van der Waals surface area contributed by atoms with E-state index in [-0.39, 0.29) is 0 Å². The molecular weight excluding hydrogens is 224 g/mol. The Bertz CT molecular complexity index is 425. The standard InChI is InChI=1S/C16H24O2/c1-6-14-15(18-14)9-11(3)13-8-10(2)7-12(4)16(13)17-5/h7-8,11,14-15H,6,9H2,1-5H3. The number of hydrogen-bond donors (Lipinski definition) is 0. The van der Waals surface area contributed by atoms with Gasteiger partial charge in [-0.1, -0.05) is 31.5 Å². The van der Waals surface area contributed by atoms with E-state index in [2.05, 4.69) is 39.8 Å². The summed E-state index contributed by atoms with van der Waals surface area (Å²) in [5.41, 5.74) is 3.85. The molecule has 1 saturated heterocycles. The van der Waals surface area contributed by atoms with Gasteiger partial charge in [0.05, 0.1) is 19.3 Å². The number of methoxy groups -OCH3 is 1. The molecule has 0 saturated carbocycles. The van der Waals surface area contributed by atoms with Crippen LogP contribution in [0.5, 0.6) is 5.75 Å². The molecule has 2 heteroatoms. The molecule has 0 bridgehead atoms. The van der Waals surface area contributed by atoms with Crippen LogP contribution in [0.1, 0.15) is 49.3 Å². The van der Waals surface area contributed by atoms with Crippen molar-refractivity contribution in [3.63, 3.8) is 0 Å². The summed E-state index contributed by atoms with van der Waals surface area (Å²) < 4.78 is 11.2. The Kier molecular flexibility index (Phi) is 3.96. The monoisotopic (exact) mass is 248 g/mol. The second-order valence-corrected chi connectivity index (χ2v) is 5.46. The molecule has 0 aromatic heterocycles. The first-order valence-electron chi connectivity index (χ1n) is 6.87. The molecular formula is C16H24O2. The highest BCUT2D eigenvalue weighted by molar-refractivity contribution is 5.45. The van der Waals surface area contributed by atoms with Crippen molar-refractivity contribution >= 4 is 0 Å². The maximum Gasteiger partial charge on any atom is 0.125 e. The average Bonchev–Trinajstić information content (AvgIpc) is 3.06. The molecule has 0 radical (unpaired) electrons. The van der Waals surface area contributed by atoms with E-state index in [9.17, 15) is 0 Å². The maximum atomic E-state index is 5.65. The minimum Gasteiger partial charge on any atom is -0.496 e. The van der Waals surface area contributed by atoms with Gasteiger partial charge in [0, 0.05) is 0 Å². The number of ether oxygens (including phenoxy) is 2. The SMILES string of the molecule is CCC1OC1CC(C)c1cc(C)cc(C)c1OC. The average molecular weight is 248 g/mol. The van der Waals surface area contributed by atoms with Crippen LogP contribution in [0.25, 0.3) is 0 Å². The molecule has 2 rings (SSSR count). The molecule has 1 fully saturated rings. The van der Waals surface area contributed by atoms with Gasteiger partial charge >= 0.3 is 0 Å². The van der Waals surface area contributed by atoms with Crippen LogP contribution >= 0.6 is 0 Å². The highest BCUT2D eigenvalue weighted by Gasteiger charge is 2.38. The number of benzene rings is 1. The molecule has 1 aliphatic rings. The van der Waals surface area contributed by atoms with Gasteiger partial charge in [-0.3, -0.25) is 0 Å². The number of aryl methyl sites for hydroxylation is 2. The Morgan fingerprint density at radius 2 is 2.00 bits per heavy atom. The summed E-state index contributed by atoms with van der Waals surface area (Å²) in [5.74, 6) is 1.53. The van der Waals surface area contributed by atoms with Crippen LogP contribution in [0.2, 0.25) is 0 Å². The molecule has 0 spiro atoms. The quantitative estimate of drug-likeness (QED) is 0.735. The molecule has 1 heterocycles. The second kappa shape index (κ2) is 5.31. The largest absolute Gasteiger partial charge is 0.496 e. The van der Waals surface area contributed by atoms with Gasteiger partial charge in [0.25, 0.3) is 0 Å². The Morgan fingerprint density at radius 3 is 2.56 bits per heavy atom. The van der Waals surface area contributed by atoms with Crippen LogP contribution < -0.4 is 4.74 Å². The minimum absolute atomic E-state index is 0.454. The summed E-state index contributed by atoms with van der Waals surface area (Å²) in [7, 11) is 1.76. The summed E-state index contributed by atoms with van der Waals surface area (Å²) >= 11 is 0. The fraction of sp³-hybridized carbons (Fsp3) is 0.625. The Labute approximate surface area is 110 Å². The van der Waals surface area contributed by atoms with Crippen molar-refractivity contribution in [2.24, 2.45) is 0 Å². The first-order valence-corrected chi connectivity index (χ1v) is 6.87. The molecule has 2 nitrogen and oxygen atoms in total. The lowest BCUT2D eigenvalue weighted by molar-refractivity contribution is 0.350. The Balaban J connectivity index is 2.16. The second-order valence-electron chi connectivity index (χ2n) is 5.46. The lowest BCUT2D eigenvalue weighted by atomic mass is 9.91. The summed E-state index contributed by atoms with van der Waals surface area (Å²) in [6.45, 7) is 8.72. The van der Waals surface area contributed by atoms with Crippen molar-refractivity contribution < 1.29 is 9.47 Å². The van der Waals surface area contributed by atoms with Gasteiger partial charge in [-0.25, -0.2) is 0 Å². The predicted octanol–water partition coefficient (Wildman–Crippen LogP) is 3.98. The first kappa shape index (κ1) is 13.4. The molecule has 0 aliphatic carbocycles. The fourth-order valence-electron chi connectivity index (χ4n) is 2.85. The summed E-state index contributed by atoms with van der Waals surface area (Å²) in [5, 5.41) is 0. The van der Waals surface area contributed by atoms with Crippen LogP contribution in [0.15, 0.2) is 12.1 Å². The molecule has 3 unspecified atom stereocenters. The molecule has 18 heavy (non-hydrogen) atoms. The van der Waals surface area contributed by atoms with Crippen LogP contribution in [-0.4, -0.2) is 19.3 Å². The van der Waals surface area contributed by atoms with Crippen LogP contribution in [-0.2, 0) is 4.74 Å². The number of rotatable bonds is 5. The van der Waals surface area contributed by atoms with E-state index in [0.29, 0.717) is 18.1 Å². The van der Waals surface area contributed by atoms with Crippen molar-refractivity contribution in [1.29, 1.82) is 0 Å². The van der Waals surface area contributed by atoms with Crippen molar-refractivity contribution in [2.45, 2.75) is 58.7 Å². The summed E-state index contributed by atoms with van der Waals surface area (Å²) in [6.07, 6.45) is 3.17. The van der Waals surface area contributed by atoms with E-state index in [1.807, 2.05) is 0 Å². The summed E-state index contributed by atoms with van der Waals surface area (Å²) in [4.78, 5) is 0. The van der Waals surface area contributed by atoms with Gasteiger partial charge in [-0.05, 0) is 43.7 Å². The molecule has 0 amide bonds. The predicted molar refractivity (Wildman–Crippen MR) is 74.5 cm³/mol. The van der Waals surface area contributed by atoms with E-state index in [0.717, 1.165) is 18.6 Å². The van der Waals surface area contributed by atoms with E-state index >= 15 is 0 Å². The zero-order chi connectivity index (χ0) is 13.3. The van der Waals surface area contributed by atoms with Gasteiger partial charge in [0.15, 0.2) is 0 Å². The Hall–Kier alpha value is -1.02. The van der Waals surface area contributed by atoms with Crippen molar-refractivity contribution in [2.75, 3.05) is 7.11 Å². The lowest BCUT2D eigenvalue weighted by Gasteiger charge is -2.18. The third kappa shape index (κ3) is 2.69. The number of epoxide rings is 1. The highest BCUT2D eigenvalue weighted by Crippen LogP contribution is 2.38. The van der Waals surface area contributed by atoms with E-state index < -0.39 is 0 Å². The fourth-order valence-corrected chi connectivity index (χ4v) is 2.85. The molecule has 3 atom stereocenters. The Morgan fingerprint density at radius 1 is 1.28 bits per heavy atom.